The molecule has 0 radical (unpaired) electrons. The minimum absolute atomic E-state index is 0.170. The molecule has 2 aromatic heterocycles. The Hall–Kier alpha value is -3.55. The SMILES string of the molecule is Cc1cc(Nc2ccc(NC(=O)c3ccc4c(c3)OCO4)cn2)no1. The number of rotatable bonds is 4. The minimum Gasteiger partial charge on any atom is -0.454 e. The zero-order valence-electron chi connectivity index (χ0n) is 13.3. The lowest BCUT2D eigenvalue weighted by Crippen LogP contribution is -2.12. The van der Waals surface area contributed by atoms with E-state index in [1.807, 2.05) is 0 Å². The van der Waals surface area contributed by atoms with Gasteiger partial charge in [0.25, 0.3) is 5.91 Å². The van der Waals surface area contributed by atoms with Crippen LogP contribution in [0.4, 0.5) is 17.3 Å². The van der Waals surface area contributed by atoms with E-state index in [0.717, 1.165) is 0 Å². The highest BCUT2D eigenvalue weighted by Crippen LogP contribution is 2.32. The number of ether oxygens (including phenoxy) is 2. The van der Waals surface area contributed by atoms with E-state index in [1.54, 1.807) is 49.5 Å². The molecule has 1 amide bonds. The van der Waals surface area contributed by atoms with Gasteiger partial charge in [-0.3, -0.25) is 4.79 Å². The Kier molecular flexibility index (Phi) is 3.70. The first kappa shape index (κ1) is 15.0. The number of carbonyl (C=O) groups is 1. The van der Waals surface area contributed by atoms with Gasteiger partial charge in [-0.2, -0.15) is 0 Å². The van der Waals surface area contributed by atoms with Crippen molar-refractivity contribution in [2.24, 2.45) is 0 Å². The largest absolute Gasteiger partial charge is 0.454 e. The fourth-order valence-electron chi connectivity index (χ4n) is 2.34. The van der Waals surface area contributed by atoms with Crippen molar-refractivity contribution < 1.29 is 18.8 Å². The second kappa shape index (κ2) is 6.16. The zero-order chi connectivity index (χ0) is 17.2. The van der Waals surface area contributed by atoms with E-state index in [1.165, 1.54) is 0 Å². The fraction of sp³-hybridized carbons (Fsp3) is 0.118. The van der Waals surface area contributed by atoms with Gasteiger partial charge in [-0.1, -0.05) is 5.16 Å². The van der Waals surface area contributed by atoms with Crippen molar-refractivity contribution in [2.45, 2.75) is 6.92 Å². The molecule has 0 unspecified atom stereocenters. The smallest absolute Gasteiger partial charge is 0.255 e. The van der Waals surface area contributed by atoms with Crippen LogP contribution in [0.2, 0.25) is 0 Å². The van der Waals surface area contributed by atoms with Gasteiger partial charge in [-0.05, 0) is 37.3 Å². The molecule has 3 heterocycles. The van der Waals surface area contributed by atoms with Crippen LogP contribution in [0.3, 0.4) is 0 Å². The van der Waals surface area contributed by atoms with Crippen LogP contribution >= 0.6 is 0 Å². The lowest BCUT2D eigenvalue weighted by Gasteiger charge is -2.07. The summed E-state index contributed by atoms with van der Waals surface area (Å²) in [6, 6.07) is 10.3. The molecule has 1 aliphatic rings. The molecule has 0 fully saturated rings. The molecule has 126 valence electrons. The highest BCUT2D eigenvalue weighted by atomic mass is 16.7. The van der Waals surface area contributed by atoms with E-state index in [9.17, 15) is 4.79 Å². The van der Waals surface area contributed by atoms with E-state index < -0.39 is 0 Å². The molecule has 1 aromatic carbocycles. The number of nitrogens with zero attached hydrogens (tertiary/aromatic N) is 2. The van der Waals surface area contributed by atoms with Gasteiger partial charge >= 0.3 is 0 Å². The third-order valence-electron chi connectivity index (χ3n) is 3.54. The van der Waals surface area contributed by atoms with Crippen LogP contribution in [-0.2, 0) is 0 Å². The van der Waals surface area contributed by atoms with Crippen LogP contribution in [0.5, 0.6) is 11.5 Å². The number of pyridine rings is 1. The van der Waals surface area contributed by atoms with Gasteiger partial charge in [0.1, 0.15) is 11.6 Å². The van der Waals surface area contributed by atoms with E-state index in [-0.39, 0.29) is 12.7 Å². The molecule has 25 heavy (non-hydrogen) atoms. The van der Waals surface area contributed by atoms with Gasteiger partial charge in [0.15, 0.2) is 17.3 Å². The standard InChI is InChI=1S/C17H14N4O4/c1-10-6-16(21-25-10)20-15-5-3-12(8-18-15)19-17(22)11-2-4-13-14(7-11)24-9-23-13/h2-8H,9H2,1H3,(H,19,22)(H,18,20,21). The summed E-state index contributed by atoms with van der Waals surface area (Å²) >= 11 is 0. The maximum absolute atomic E-state index is 12.3. The summed E-state index contributed by atoms with van der Waals surface area (Å²) in [5.41, 5.74) is 1.05. The van der Waals surface area contributed by atoms with Crippen LogP contribution in [0, 0.1) is 6.92 Å². The molecular weight excluding hydrogens is 324 g/mol. The third kappa shape index (κ3) is 3.23. The average molecular weight is 338 g/mol. The summed E-state index contributed by atoms with van der Waals surface area (Å²) in [5.74, 6) is 2.81. The molecule has 2 N–H and O–H groups in total. The van der Waals surface area contributed by atoms with Gasteiger partial charge in [-0.25, -0.2) is 4.98 Å². The fourth-order valence-corrected chi connectivity index (χ4v) is 2.34. The predicted molar refractivity (Wildman–Crippen MR) is 89.3 cm³/mol. The first-order valence-electron chi connectivity index (χ1n) is 7.55. The molecule has 4 rings (SSSR count). The number of hydrogen-bond donors (Lipinski definition) is 2. The molecule has 0 bridgehead atoms. The summed E-state index contributed by atoms with van der Waals surface area (Å²) in [6.45, 7) is 1.98. The van der Waals surface area contributed by atoms with Crippen LogP contribution in [0.15, 0.2) is 47.1 Å². The van der Waals surface area contributed by atoms with Crippen molar-refractivity contribution in [3.05, 3.63) is 53.9 Å². The van der Waals surface area contributed by atoms with Gasteiger partial charge in [0, 0.05) is 11.6 Å². The van der Waals surface area contributed by atoms with Crippen molar-refractivity contribution in [1.82, 2.24) is 10.1 Å². The van der Waals surface area contributed by atoms with Gasteiger partial charge in [-0.15, -0.1) is 0 Å². The average Bonchev–Trinajstić information content (AvgIpc) is 3.24. The Bertz CT molecular complexity index is 921. The van der Waals surface area contributed by atoms with E-state index in [2.05, 4.69) is 20.8 Å². The second-order valence-electron chi connectivity index (χ2n) is 5.40. The topological polar surface area (TPSA) is 98.5 Å². The number of hydrogen-bond acceptors (Lipinski definition) is 7. The van der Waals surface area contributed by atoms with Crippen molar-refractivity contribution >= 4 is 23.2 Å². The summed E-state index contributed by atoms with van der Waals surface area (Å²) in [5, 5.41) is 9.62. The number of aromatic nitrogens is 2. The maximum Gasteiger partial charge on any atom is 0.255 e. The molecule has 0 saturated carbocycles. The van der Waals surface area contributed by atoms with Gasteiger partial charge in [0.05, 0.1) is 11.9 Å². The Morgan fingerprint density at radius 2 is 1.96 bits per heavy atom. The first-order chi connectivity index (χ1) is 12.2. The lowest BCUT2D eigenvalue weighted by molar-refractivity contribution is 0.102. The number of anilines is 3. The lowest BCUT2D eigenvalue weighted by atomic mass is 10.2. The number of fused-ring (bicyclic) bond motifs is 1. The van der Waals surface area contributed by atoms with E-state index in [4.69, 9.17) is 14.0 Å². The molecule has 8 nitrogen and oxygen atoms in total. The Labute approximate surface area is 142 Å². The molecule has 1 aliphatic heterocycles. The number of aryl methyl sites for hydroxylation is 1. The monoisotopic (exact) mass is 338 g/mol. The van der Waals surface area contributed by atoms with Gasteiger partial charge < -0.3 is 24.6 Å². The third-order valence-corrected chi connectivity index (χ3v) is 3.54. The van der Waals surface area contributed by atoms with Crippen LogP contribution < -0.4 is 20.1 Å². The number of nitrogens with one attached hydrogen (secondary N) is 2. The first-order valence-corrected chi connectivity index (χ1v) is 7.55. The highest BCUT2D eigenvalue weighted by Gasteiger charge is 2.16. The quantitative estimate of drug-likeness (QED) is 0.754. The van der Waals surface area contributed by atoms with Crippen LogP contribution in [-0.4, -0.2) is 22.8 Å². The van der Waals surface area contributed by atoms with Crippen molar-refractivity contribution in [3.8, 4) is 11.5 Å². The molecule has 8 heteroatoms. The molecular formula is C17H14N4O4. The van der Waals surface area contributed by atoms with E-state index >= 15 is 0 Å². The summed E-state index contributed by atoms with van der Waals surface area (Å²) in [6.07, 6.45) is 1.56. The summed E-state index contributed by atoms with van der Waals surface area (Å²) in [4.78, 5) is 16.6. The Morgan fingerprint density at radius 3 is 2.72 bits per heavy atom. The highest BCUT2D eigenvalue weighted by molar-refractivity contribution is 6.04. The van der Waals surface area contributed by atoms with Crippen LogP contribution in [0.1, 0.15) is 16.1 Å². The number of amides is 1. The summed E-state index contributed by atoms with van der Waals surface area (Å²) in [7, 11) is 0. The van der Waals surface area contributed by atoms with Crippen molar-refractivity contribution in [2.75, 3.05) is 17.4 Å². The van der Waals surface area contributed by atoms with Crippen molar-refractivity contribution in [1.29, 1.82) is 0 Å². The molecule has 0 aliphatic carbocycles. The van der Waals surface area contributed by atoms with Crippen LogP contribution in [0.25, 0.3) is 0 Å². The zero-order valence-corrected chi connectivity index (χ0v) is 13.3. The molecule has 0 atom stereocenters. The minimum atomic E-state index is -0.257. The number of carbonyl (C=O) groups excluding carboxylic acids is 1. The maximum atomic E-state index is 12.3. The number of benzene rings is 1. The molecule has 0 spiro atoms. The van der Waals surface area contributed by atoms with E-state index in [0.29, 0.717) is 40.1 Å². The molecule has 0 saturated heterocycles. The van der Waals surface area contributed by atoms with Gasteiger partial charge in [0.2, 0.25) is 6.79 Å². The normalized spacial score (nSPS) is 12.0. The second-order valence-corrected chi connectivity index (χ2v) is 5.40. The predicted octanol–water partition coefficient (Wildman–Crippen LogP) is 3.10. The van der Waals surface area contributed by atoms with Crippen molar-refractivity contribution in [3.63, 3.8) is 0 Å². The molecule has 3 aromatic rings. The summed E-state index contributed by atoms with van der Waals surface area (Å²) < 4.78 is 15.5. The Morgan fingerprint density at radius 1 is 1.08 bits per heavy atom. The Balaban J connectivity index is 1.43.